The molecular formula is C24H26ClN3O4S2. The van der Waals surface area contributed by atoms with Gasteiger partial charge in [0.25, 0.3) is 5.91 Å². The first-order valence-corrected chi connectivity index (χ1v) is 13.7. The van der Waals surface area contributed by atoms with E-state index in [0.29, 0.717) is 36.6 Å². The van der Waals surface area contributed by atoms with Crippen molar-refractivity contribution in [2.75, 3.05) is 19.6 Å². The fourth-order valence-electron chi connectivity index (χ4n) is 4.27. The standard InChI is InChI=1S/C24H26ClN3O4S2/c1-2-22(29)27-23-13-18-14-28(15-21(18)33-23)34(31,32)20-8-6-17(7-9-20)24(30)26-11-10-16-4-3-5-19(25)12-16/h2-9,12,18,21,23H,1,10-11,13-15H2,(H,26,30)(H,27,29). The van der Waals surface area contributed by atoms with E-state index in [2.05, 4.69) is 17.2 Å². The molecule has 2 aromatic carbocycles. The van der Waals surface area contributed by atoms with Gasteiger partial charge < -0.3 is 10.6 Å². The molecule has 34 heavy (non-hydrogen) atoms. The number of nitrogens with one attached hydrogen (secondary N) is 2. The van der Waals surface area contributed by atoms with Crippen LogP contribution >= 0.6 is 23.4 Å². The van der Waals surface area contributed by atoms with Crippen molar-refractivity contribution in [3.8, 4) is 0 Å². The summed E-state index contributed by atoms with van der Waals surface area (Å²) in [7, 11) is -3.65. The van der Waals surface area contributed by atoms with Crippen LogP contribution in [0.2, 0.25) is 5.02 Å². The lowest BCUT2D eigenvalue weighted by Crippen LogP contribution is -2.33. The third kappa shape index (κ3) is 5.66. The minimum absolute atomic E-state index is 0.0120. The van der Waals surface area contributed by atoms with Crippen molar-refractivity contribution in [2.24, 2.45) is 5.92 Å². The lowest BCUT2D eigenvalue weighted by atomic mass is 10.1. The van der Waals surface area contributed by atoms with E-state index in [4.69, 9.17) is 11.6 Å². The Morgan fingerprint density at radius 1 is 1.18 bits per heavy atom. The van der Waals surface area contributed by atoms with Crippen LogP contribution in [0.25, 0.3) is 0 Å². The Kier molecular flexibility index (Phi) is 7.67. The SMILES string of the molecule is C=CC(=O)NC1CC2CN(S(=O)(=O)c3ccc(C(=O)NCCc4cccc(Cl)c4)cc3)CC2S1. The van der Waals surface area contributed by atoms with Gasteiger partial charge in [-0.15, -0.1) is 11.8 Å². The molecule has 7 nitrogen and oxygen atoms in total. The summed E-state index contributed by atoms with van der Waals surface area (Å²) in [4.78, 5) is 24.1. The molecule has 2 amide bonds. The molecule has 180 valence electrons. The number of amides is 2. The molecule has 4 rings (SSSR count). The lowest BCUT2D eigenvalue weighted by Gasteiger charge is -2.19. The van der Waals surface area contributed by atoms with Crippen molar-refractivity contribution in [1.29, 1.82) is 0 Å². The van der Waals surface area contributed by atoms with E-state index in [1.54, 1.807) is 17.8 Å². The van der Waals surface area contributed by atoms with Gasteiger partial charge in [-0.25, -0.2) is 8.42 Å². The Bertz CT molecular complexity index is 1170. The van der Waals surface area contributed by atoms with Gasteiger partial charge in [-0.2, -0.15) is 4.31 Å². The van der Waals surface area contributed by atoms with Crippen molar-refractivity contribution in [3.05, 3.63) is 77.3 Å². The summed E-state index contributed by atoms with van der Waals surface area (Å²) >= 11 is 7.59. The minimum Gasteiger partial charge on any atom is -0.352 e. The lowest BCUT2D eigenvalue weighted by molar-refractivity contribution is -0.116. The second-order valence-electron chi connectivity index (χ2n) is 8.35. The maximum absolute atomic E-state index is 13.1. The van der Waals surface area contributed by atoms with Gasteiger partial charge in [0.05, 0.1) is 10.3 Å². The molecule has 0 radical (unpaired) electrons. The highest BCUT2D eigenvalue weighted by Gasteiger charge is 2.45. The number of sulfonamides is 1. The molecule has 3 atom stereocenters. The summed E-state index contributed by atoms with van der Waals surface area (Å²) in [5.41, 5.74) is 1.43. The number of thioether (sulfide) groups is 1. The predicted molar refractivity (Wildman–Crippen MR) is 134 cm³/mol. The first-order valence-electron chi connectivity index (χ1n) is 11.0. The number of carbonyl (C=O) groups excluding carboxylic acids is 2. The monoisotopic (exact) mass is 519 g/mol. The van der Waals surface area contributed by atoms with Crippen molar-refractivity contribution >= 4 is 45.2 Å². The number of hydrogen-bond acceptors (Lipinski definition) is 5. The third-order valence-corrected chi connectivity index (χ3v) is 9.64. The Hall–Kier alpha value is -2.33. The van der Waals surface area contributed by atoms with Gasteiger partial charge >= 0.3 is 0 Å². The van der Waals surface area contributed by atoms with Crippen molar-refractivity contribution in [2.45, 2.75) is 28.4 Å². The number of halogens is 1. The van der Waals surface area contributed by atoms with Crippen LogP contribution in [0.15, 0.2) is 66.1 Å². The van der Waals surface area contributed by atoms with Crippen LogP contribution in [-0.2, 0) is 21.2 Å². The van der Waals surface area contributed by atoms with Crippen LogP contribution in [-0.4, -0.2) is 54.8 Å². The quantitative estimate of drug-likeness (QED) is 0.523. The van der Waals surface area contributed by atoms with Gasteiger partial charge in [0, 0.05) is 35.5 Å². The summed E-state index contributed by atoms with van der Waals surface area (Å²) in [6.07, 6.45) is 2.62. The number of carbonyl (C=O) groups is 2. The highest BCUT2D eigenvalue weighted by molar-refractivity contribution is 8.00. The summed E-state index contributed by atoms with van der Waals surface area (Å²) in [5.74, 6) is -0.277. The third-order valence-electron chi connectivity index (χ3n) is 6.03. The van der Waals surface area contributed by atoms with Crippen molar-refractivity contribution in [1.82, 2.24) is 14.9 Å². The topological polar surface area (TPSA) is 95.6 Å². The van der Waals surface area contributed by atoms with Gasteiger partial charge in [-0.3, -0.25) is 9.59 Å². The van der Waals surface area contributed by atoms with Gasteiger partial charge in [-0.1, -0.05) is 30.3 Å². The van der Waals surface area contributed by atoms with Gasteiger partial charge in [-0.05, 0) is 66.8 Å². The fourth-order valence-corrected chi connectivity index (χ4v) is 7.75. The molecule has 2 fully saturated rings. The molecular weight excluding hydrogens is 494 g/mol. The summed E-state index contributed by atoms with van der Waals surface area (Å²) in [6, 6.07) is 13.5. The Morgan fingerprint density at radius 3 is 2.62 bits per heavy atom. The van der Waals surface area contributed by atoms with E-state index < -0.39 is 10.0 Å². The highest BCUT2D eigenvalue weighted by atomic mass is 35.5. The molecule has 0 aliphatic carbocycles. The van der Waals surface area contributed by atoms with Crippen molar-refractivity contribution < 1.29 is 18.0 Å². The maximum Gasteiger partial charge on any atom is 0.251 e. The molecule has 2 aliphatic rings. The normalized spacial score (nSPS) is 22.2. The van der Waals surface area contributed by atoms with E-state index in [0.717, 1.165) is 12.0 Å². The molecule has 2 N–H and O–H groups in total. The second-order valence-corrected chi connectivity index (χ2v) is 12.2. The number of hydrogen-bond donors (Lipinski definition) is 2. The average molecular weight is 520 g/mol. The summed E-state index contributed by atoms with van der Waals surface area (Å²) in [6.45, 7) is 4.74. The zero-order valence-corrected chi connectivity index (χ0v) is 20.8. The average Bonchev–Trinajstić information content (AvgIpc) is 3.38. The van der Waals surface area contributed by atoms with E-state index in [1.165, 1.54) is 34.6 Å². The molecule has 2 heterocycles. The zero-order valence-electron chi connectivity index (χ0n) is 18.4. The second kappa shape index (κ2) is 10.5. The smallest absolute Gasteiger partial charge is 0.251 e. The molecule has 0 bridgehead atoms. The van der Waals surface area contributed by atoms with Gasteiger partial charge in [0.2, 0.25) is 15.9 Å². The van der Waals surface area contributed by atoms with E-state index in [-0.39, 0.29) is 33.3 Å². The molecule has 2 aliphatic heterocycles. The number of benzene rings is 2. The fraction of sp³-hybridized carbons (Fsp3) is 0.333. The summed E-state index contributed by atoms with van der Waals surface area (Å²) in [5, 5.41) is 6.52. The van der Waals surface area contributed by atoms with E-state index in [9.17, 15) is 18.0 Å². The van der Waals surface area contributed by atoms with Crippen LogP contribution in [0.4, 0.5) is 0 Å². The largest absolute Gasteiger partial charge is 0.352 e. The summed E-state index contributed by atoms with van der Waals surface area (Å²) < 4.78 is 27.8. The molecule has 2 aromatic rings. The zero-order chi connectivity index (χ0) is 24.3. The molecule has 3 unspecified atom stereocenters. The molecule has 10 heteroatoms. The minimum atomic E-state index is -3.65. The molecule has 0 saturated carbocycles. The van der Waals surface area contributed by atoms with Crippen LogP contribution in [0, 0.1) is 5.92 Å². The Labute approximate surface area is 209 Å². The van der Waals surface area contributed by atoms with Gasteiger partial charge in [0.15, 0.2) is 0 Å². The van der Waals surface area contributed by atoms with Crippen molar-refractivity contribution in [3.63, 3.8) is 0 Å². The maximum atomic E-state index is 13.1. The van der Waals surface area contributed by atoms with Crippen LogP contribution in [0.5, 0.6) is 0 Å². The Balaban J connectivity index is 1.31. The Morgan fingerprint density at radius 2 is 1.94 bits per heavy atom. The van der Waals surface area contributed by atoms with E-state index >= 15 is 0 Å². The highest BCUT2D eigenvalue weighted by Crippen LogP contribution is 2.43. The number of rotatable bonds is 8. The molecule has 0 aromatic heterocycles. The van der Waals surface area contributed by atoms with E-state index in [1.807, 2.05) is 18.2 Å². The van der Waals surface area contributed by atoms with Crippen LogP contribution < -0.4 is 10.6 Å². The number of fused-ring (bicyclic) bond motifs is 1. The van der Waals surface area contributed by atoms with Crippen LogP contribution in [0.3, 0.4) is 0 Å². The molecule has 2 saturated heterocycles. The predicted octanol–water partition coefficient (Wildman–Crippen LogP) is 3.07. The van der Waals surface area contributed by atoms with Gasteiger partial charge in [0.1, 0.15) is 0 Å². The number of nitrogens with zero attached hydrogens (tertiary/aromatic N) is 1. The van der Waals surface area contributed by atoms with Crippen LogP contribution in [0.1, 0.15) is 22.3 Å². The first kappa shape index (κ1) is 24.8. The molecule has 0 spiro atoms. The first-order chi connectivity index (χ1) is 16.3.